The van der Waals surface area contributed by atoms with Gasteiger partial charge in [-0.15, -0.1) is 0 Å². The zero-order valence-electron chi connectivity index (χ0n) is 9.13. The van der Waals surface area contributed by atoms with Gasteiger partial charge in [0.05, 0.1) is 0 Å². The highest BCUT2D eigenvalue weighted by Crippen LogP contribution is 2.31. The molecule has 0 unspecified atom stereocenters. The molecule has 0 bridgehead atoms. The fourth-order valence-corrected chi connectivity index (χ4v) is 1.38. The van der Waals surface area contributed by atoms with Crippen LogP contribution in [0.3, 0.4) is 0 Å². The normalized spacial score (nSPS) is 11.1. The molecule has 0 radical (unpaired) electrons. The van der Waals surface area contributed by atoms with Crippen molar-refractivity contribution in [2.75, 3.05) is 0 Å². The van der Waals surface area contributed by atoms with Crippen LogP contribution in [0.1, 0.15) is 31.9 Å². The van der Waals surface area contributed by atoms with Crippen LogP contribution in [0.25, 0.3) is 0 Å². The summed E-state index contributed by atoms with van der Waals surface area (Å²) in [4.78, 5) is 10.3. The summed E-state index contributed by atoms with van der Waals surface area (Å²) in [6.07, 6.45) is 0. The van der Waals surface area contributed by atoms with Crippen LogP contribution in [0.15, 0.2) is 18.2 Å². The van der Waals surface area contributed by atoms with E-state index in [0.29, 0.717) is 12.2 Å². The number of hydrogen-bond acceptors (Lipinski definition) is 2. The van der Waals surface area contributed by atoms with Crippen LogP contribution in [0.4, 0.5) is 0 Å². The van der Waals surface area contributed by atoms with Crippen molar-refractivity contribution < 1.29 is 9.53 Å². The second-order valence-electron chi connectivity index (χ2n) is 4.46. The van der Waals surface area contributed by atoms with E-state index >= 15 is 0 Å². The maximum Gasteiger partial charge on any atom is 0.298 e. The summed E-state index contributed by atoms with van der Waals surface area (Å²) in [6, 6.07) is 5.83. The van der Waals surface area contributed by atoms with Crippen molar-refractivity contribution in [1.82, 2.24) is 0 Å². The van der Waals surface area contributed by atoms with Crippen LogP contribution < -0.4 is 4.74 Å². The van der Waals surface area contributed by atoms with E-state index in [9.17, 15) is 4.79 Å². The lowest BCUT2D eigenvalue weighted by atomic mass is 9.85. The van der Waals surface area contributed by atoms with Gasteiger partial charge in [-0.2, -0.15) is 0 Å². The van der Waals surface area contributed by atoms with Gasteiger partial charge in [-0.05, 0) is 18.4 Å². The van der Waals surface area contributed by atoms with E-state index in [4.69, 9.17) is 4.74 Å². The average Bonchev–Trinajstić information content (AvgIpc) is 2.07. The molecule has 2 heteroatoms. The second kappa shape index (κ2) is 3.82. The van der Waals surface area contributed by atoms with Crippen LogP contribution in [0.5, 0.6) is 5.75 Å². The Morgan fingerprint density at radius 2 is 1.93 bits per heavy atom. The van der Waals surface area contributed by atoms with E-state index in [2.05, 4.69) is 26.8 Å². The summed E-state index contributed by atoms with van der Waals surface area (Å²) in [5.74, 6) is 0.651. The first-order chi connectivity index (χ1) is 6.45. The lowest BCUT2D eigenvalue weighted by molar-refractivity contribution is -0.120. The molecule has 0 aliphatic carbocycles. The number of carbonyl (C=O) groups excluding carboxylic acids is 1. The average molecular weight is 192 g/mol. The monoisotopic (exact) mass is 192 g/mol. The van der Waals surface area contributed by atoms with Gasteiger partial charge in [0.2, 0.25) is 0 Å². The number of carbonyl (C=O) groups is 1. The molecule has 76 valence electrons. The van der Waals surface area contributed by atoms with Crippen LogP contribution >= 0.6 is 0 Å². The first kappa shape index (κ1) is 10.8. The molecule has 1 aromatic carbocycles. The van der Waals surface area contributed by atoms with E-state index in [-0.39, 0.29) is 5.41 Å². The van der Waals surface area contributed by atoms with Crippen molar-refractivity contribution in [1.29, 1.82) is 0 Å². The van der Waals surface area contributed by atoms with E-state index in [0.717, 1.165) is 5.56 Å². The quantitative estimate of drug-likeness (QED) is 0.673. The molecule has 0 N–H and O–H groups in total. The molecule has 0 saturated heterocycles. The van der Waals surface area contributed by atoms with E-state index in [1.165, 1.54) is 5.56 Å². The first-order valence-corrected chi connectivity index (χ1v) is 4.66. The van der Waals surface area contributed by atoms with Crippen molar-refractivity contribution in [2.45, 2.75) is 33.1 Å². The zero-order chi connectivity index (χ0) is 10.8. The summed E-state index contributed by atoms with van der Waals surface area (Å²) in [7, 11) is 0. The molecule has 14 heavy (non-hydrogen) atoms. The molecule has 0 aromatic heterocycles. The minimum absolute atomic E-state index is 0.00956. The van der Waals surface area contributed by atoms with Gasteiger partial charge in [0.1, 0.15) is 5.75 Å². The van der Waals surface area contributed by atoms with Gasteiger partial charge in [-0.1, -0.05) is 38.5 Å². The van der Waals surface area contributed by atoms with Crippen LogP contribution in [0.2, 0.25) is 0 Å². The van der Waals surface area contributed by atoms with Gasteiger partial charge in [0, 0.05) is 5.56 Å². The van der Waals surface area contributed by atoms with Crippen molar-refractivity contribution in [3.8, 4) is 5.75 Å². The second-order valence-corrected chi connectivity index (χ2v) is 4.46. The lowest BCUT2D eigenvalue weighted by Gasteiger charge is -2.21. The molecule has 2 nitrogen and oxygen atoms in total. The molecule has 0 aliphatic heterocycles. The minimum Gasteiger partial charge on any atom is -0.428 e. The van der Waals surface area contributed by atoms with Gasteiger partial charge < -0.3 is 4.74 Å². The van der Waals surface area contributed by atoms with Crippen LogP contribution in [-0.4, -0.2) is 6.47 Å². The molecule has 0 atom stereocenters. The molecule has 0 fully saturated rings. The van der Waals surface area contributed by atoms with Crippen molar-refractivity contribution >= 4 is 6.47 Å². The van der Waals surface area contributed by atoms with Gasteiger partial charge in [-0.3, -0.25) is 4.79 Å². The van der Waals surface area contributed by atoms with Gasteiger partial charge >= 0.3 is 0 Å². The number of hydrogen-bond donors (Lipinski definition) is 0. The Morgan fingerprint density at radius 1 is 1.29 bits per heavy atom. The number of rotatable bonds is 2. The summed E-state index contributed by atoms with van der Waals surface area (Å²) in [6.45, 7) is 8.79. The maximum absolute atomic E-state index is 10.3. The molecular formula is C12H16O2. The third kappa shape index (κ3) is 2.34. The minimum atomic E-state index is -0.00956. The van der Waals surface area contributed by atoms with Crippen molar-refractivity contribution in [3.05, 3.63) is 29.3 Å². The number of aryl methyl sites for hydroxylation is 1. The predicted octanol–water partition coefficient (Wildman–Crippen LogP) is 2.83. The Hall–Kier alpha value is -1.31. The Bertz CT molecular complexity index is 335. The molecule has 0 aliphatic rings. The Balaban J connectivity index is 3.22. The highest BCUT2D eigenvalue weighted by Gasteiger charge is 2.18. The summed E-state index contributed by atoms with van der Waals surface area (Å²) >= 11 is 0. The third-order valence-corrected chi connectivity index (χ3v) is 2.12. The zero-order valence-corrected chi connectivity index (χ0v) is 9.13. The fraction of sp³-hybridized carbons (Fsp3) is 0.417. The smallest absolute Gasteiger partial charge is 0.298 e. The molecule has 0 spiro atoms. The predicted molar refractivity (Wildman–Crippen MR) is 56.6 cm³/mol. The van der Waals surface area contributed by atoms with E-state index in [1.54, 1.807) is 0 Å². The Kier molecular flexibility index (Phi) is 2.94. The van der Waals surface area contributed by atoms with Crippen molar-refractivity contribution in [2.24, 2.45) is 0 Å². The van der Waals surface area contributed by atoms with E-state index < -0.39 is 0 Å². The molecule has 0 saturated carbocycles. The summed E-state index contributed by atoms with van der Waals surface area (Å²) in [5.41, 5.74) is 2.22. The summed E-state index contributed by atoms with van der Waals surface area (Å²) in [5, 5.41) is 0. The highest BCUT2D eigenvalue weighted by molar-refractivity contribution is 5.50. The lowest BCUT2D eigenvalue weighted by Crippen LogP contribution is -2.13. The van der Waals surface area contributed by atoms with Crippen LogP contribution in [-0.2, 0) is 10.2 Å². The summed E-state index contributed by atoms with van der Waals surface area (Å²) < 4.78 is 4.94. The third-order valence-electron chi connectivity index (χ3n) is 2.12. The fourth-order valence-electron chi connectivity index (χ4n) is 1.38. The Morgan fingerprint density at radius 3 is 2.43 bits per heavy atom. The topological polar surface area (TPSA) is 26.3 Å². The SMILES string of the molecule is Cc1ccc(OC=O)c(C(C)(C)C)c1. The van der Waals surface area contributed by atoms with Gasteiger partial charge in [-0.25, -0.2) is 0 Å². The molecule has 1 aromatic rings. The molecule has 0 amide bonds. The number of benzene rings is 1. The first-order valence-electron chi connectivity index (χ1n) is 4.66. The maximum atomic E-state index is 10.3. The molecule has 1 rings (SSSR count). The van der Waals surface area contributed by atoms with E-state index in [1.807, 2.05) is 19.1 Å². The van der Waals surface area contributed by atoms with Gasteiger partial charge in [0.25, 0.3) is 6.47 Å². The largest absolute Gasteiger partial charge is 0.428 e. The Labute approximate surface area is 84.9 Å². The molecular weight excluding hydrogens is 176 g/mol. The highest BCUT2D eigenvalue weighted by atomic mass is 16.5. The van der Waals surface area contributed by atoms with Crippen molar-refractivity contribution in [3.63, 3.8) is 0 Å². The number of ether oxygens (including phenoxy) is 1. The molecule has 0 heterocycles. The standard InChI is InChI=1S/C12H16O2/c1-9-5-6-11(14-8-13)10(7-9)12(2,3)4/h5-8H,1-4H3. The van der Waals surface area contributed by atoms with Crippen LogP contribution in [0, 0.1) is 6.92 Å². The van der Waals surface area contributed by atoms with Gasteiger partial charge in [0.15, 0.2) is 0 Å².